The van der Waals surface area contributed by atoms with Crippen LogP contribution in [-0.2, 0) is 9.59 Å². The number of aliphatic hydroxyl groups is 1. The van der Waals surface area contributed by atoms with Gasteiger partial charge in [0.05, 0.1) is 18.7 Å². The van der Waals surface area contributed by atoms with Crippen molar-refractivity contribution >= 4 is 23.1 Å². The Bertz CT molecular complexity index is 1390. The van der Waals surface area contributed by atoms with Gasteiger partial charge in [0.15, 0.2) is 0 Å². The molecule has 1 aliphatic heterocycles. The van der Waals surface area contributed by atoms with Gasteiger partial charge >= 0.3 is 0 Å². The molecule has 2 N–H and O–H groups in total. The van der Waals surface area contributed by atoms with Gasteiger partial charge in [0.25, 0.3) is 11.7 Å². The van der Waals surface area contributed by atoms with Gasteiger partial charge in [-0.25, -0.2) is 0 Å². The van der Waals surface area contributed by atoms with Crippen molar-refractivity contribution in [3.8, 4) is 11.5 Å². The molecular weight excluding hydrogens is 454 g/mol. The van der Waals surface area contributed by atoms with Gasteiger partial charge in [0, 0.05) is 11.3 Å². The Kier molecular flexibility index (Phi) is 6.63. The molecule has 3 aromatic carbocycles. The number of aromatic hydroxyl groups is 1. The highest BCUT2D eigenvalue weighted by Crippen LogP contribution is 2.44. The van der Waals surface area contributed by atoms with Crippen LogP contribution in [-0.4, -0.2) is 29.0 Å². The molecule has 0 saturated carbocycles. The molecular formula is C30H31NO5. The van der Waals surface area contributed by atoms with E-state index in [1.165, 1.54) is 17.0 Å². The Morgan fingerprint density at radius 2 is 1.61 bits per heavy atom. The van der Waals surface area contributed by atoms with Crippen LogP contribution in [0.5, 0.6) is 11.5 Å². The van der Waals surface area contributed by atoms with Gasteiger partial charge in [-0.15, -0.1) is 0 Å². The van der Waals surface area contributed by atoms with Gasteiger partial charge in [0.2, 0.25) is 0 Å². The quantitative estimate of drug-likeness (QED) is 0.260. The number of phenols is 1. The van der Waals surface area contributed by atoms with Crippen LogP contribution in [0.1, 0.15) is 59.2 Å². The van der Waals surface area contributed by atoms with Crippen molar-refractivity contribution in [3.63, 3.8) is 0 Å². The van der Waals surface area contributed by atoms with E-state index in [1.807, 2.05) is 65.0 Å². The lowest BCUT2D eigenvalue weighted by Gasteiger charge is -2.27. The number of hydrogen-bond donors (Lipinski definition) is 2. The van der Waals surface area contributed by atoms with E-state index in [4.69, 9.17) is 4.74 Å². The van der Waals surface area contributed by atoms with Crippen molar-refractivity contribution < 1.29 is 24.5 Å². The van der Waals surface area contributed by atoms with Gasteiger partial charge < -0.3 is 14.9 Å². The smallest absolute Gasteiger partial charge is 0.300 e. The van der Waals surface area contributed by atoms with Crippen LogP contribution in [0, 0.1) is 20.8 Å². The first-order valence-corrected chi connectivity index (χ1v) is 11.9. The van der Waals surface area contributed by atoms with E-state index in [9.17, 15) is 19.8 Å². The first-order chi connectivity index (χ1) is 17.0. The van der Waals surface area contributed by atoms with Crippen LogP contribution >= 0.6 is 0 Å². The molecule has 0 spiro atoms. The normalized spacial score (nSPS) is 17.2. The van der Waals surface area contributed by atoms with Gasteiger partial charge in [-0.2, -0.15) is 0 Å². The summed E-state index contributed by atoms with van der Waals surface area (Å²) in [4.78, 5) is 28.5. The fourth-order valence-corrected chi connectivity index (χ4v) is 4.76. The van der Waals surface area contributed by atoms with E-state index in [0.29, 0.717) is 22.6 Å². The summed E-state index contributed by atoms with van der Waals surface area (Å²) in [7, 11) is 1.60. The Morgan fingerprint density at radius 1 is 0.944 bits per heavy atom. The predicted octanol–water partition coefficient (Wildman–Crippen LogP) is 6.08. The highest BCUT2D eigenvalue weighted by Gasteiger charge is 2.47. The number of phenolic OH excluding ortho intramolecular Hbond substituents is 1. The van der Waals surface area contributed by atoms with Crippen molar-refractivity contribution in [1.29, 1.82) is 0 Å². The number of aryl methyl sites for hydroxylation is 3. The summed E-state index contributed by atoms with van der Waals surface area (Å²) in [6.07, 6.45) is 0. The predicted molar refractivity (Wildman–Crippen MR) is 141 cm³/mol. The van der Waals surface area contributed by atoms with Gasteiger partial charge in [-0.1, -0.05) is 38.1 Å². The lowest BCUT2D eigenvalue weighted by atomic mass is 9.91. The average Bonchev–Trinajstić information content (AvgIpc) is 3.10. The molecule has 36 heavy (non-hydrogen) atoms. The zero-order valence-electron chi connectivity index (χ0n) is 21.4. The van der Waals surface area contributed by atoms with E-state index in [2.05, 4.69) is 0 Å². The van der Waals surface area contributed by atoms with Crippen molar-refractivity contribution in [2.45, 2.75) is 46.6 Å². The van der Waals surface area contributed by atoms with E-state index >= 15 is 0 Å². The molecule has 1 aliphatic rings. The number of benzene rings is 3. The maximum atomic E-state index is 13.5. The van der Waals surface area contributed by atoms with Crippen molar-refractivity contribution in [1.82, 2.24) is 0 Å². The molecule has 0 aromatic heterocycles. The molecule has 0 aliphatic carbocycles. The molecule has 186 valence electrons. The molecule has 1 unspecified atom stereocenters. The largest absolute Gasteiger partial charge is 0.508 e. The zero-order chi connectivity index (χ0) is 26.3. The topological polar surface area (TPSA) is 87.1 Å². The molecule has 6 heteroatoms. The lowest BCUT2D eigenvalue weighted by molar-refractivity contribution is -0.132. The zero-order valence-corrected chi connectivity index (χ0v) is 21.4. The first kappa shape index (κ1) is 25.0. The van der Waals surface area contributed by atoms with E-state index in [0.717, 1.165) is 22.3 Å². The van der Waals surface area contributed by atoms with Crippen molar-refractivity contribution in [3.05, 3.63) is 93.6 Å². The van der Waals surface area contributed by atoms with Crippen LogP contribution in [0.2, 0.25) is 0 Å². The fraction of sp³-hybridized carbons (Fsp3) is 0.267. The van der Waals surface area contributed by atoms with E-state index in [1.54, 1.807) is 19.2 Å². The molecule has 3 aromatic rings. The number of aliphatic hydroxyl groups excluding tert-OH is 1. The number of anilines is 1. The lowest BCUT2D eigenvalue weighted by Crippen LogP contribution is -2.30. The number of ether oxygens (including phenoxy) is 1. The van der Waals surface area contributed by atoms with E-state index < -0.39 is 17.7 Å². The SMILES string of the molecule is COc1cc(C)c(/C(O)=C2\C(=O)C(=O)N(c3cc(C)ccc3C)C2c2ccc(O)cc2)cc1C(C)C. The maximum absolute atomic E-state index is 13.5. The molecule has 0 radical (unpaired) electrons. The van der Waals surface area contributed by atoms with Crippen molar-refractivity contribution in [2.75, 3.05) is 12.0 Å². The first-order valence-electron chi connectivity index (χ1n) is 11.9. The Balaban J connectivity index is 2.01. The standard InChI is InChI=1S/C30H31NO5/c1-16(2)22-15-23(19(5)14-25(22)36-6)28(33)26-27(20-9-11-21(32)12-10-20)31(30(35)29(26)34)24-13-17(3)7-8-18(24)4/h7-16,27,32-33H,1-6H3/b28-26+. The maximum Gasteiger partial charge on any atom is 0.300 e. The molecule has 0 bridgehead atoms. The van der Waals surface area contributed by atoms with Crippen LogP contribution in [0.15, 0.2) is 60.2 Å². The van der Waals surface area contributed by atoms with Crippen LogP contribution in [0.25, 0.3) is 5.76 Å². The number of amides is 1. The minimum atomic E-state index is -0.866. The van der Waals surface area contributed by atoms with Gasteiger partial charge in [-0.3, -0.25) is 14.5 Å². The number of methoxy groups -OCH3 is 1. The second kappa shape index (κ2) is 9.53. The molecule has 4 rings (SSSR count). The molecule has 1 saturated heterocycles. The average molecular weight is 486 g/mol. The van der Waals surface area contributed by atoms with Gasteiger partial charge in [0.1, 0.15) is 17.3 Å². The summed E-state index contributed by atoms with van der Waals surface area (Å²) in [5.74, 6) is -0.829. The van der Waals surface area contributed by atoms with Crippen LogP contribution < -0.4 is 9.64 Å². The number of Topliss-reactive ketones (excluding diaryl/α,β-unsaturated/α-hetero) is 1. The number of rotatable bonds is 5. The second-order valence-corrected chi connectivity index (χ2v) is 9.61. The summed E-state index contributed by atoms with van der Waals surface area (Å²) < 4.78 is 5.54. The Hall–Kier alpha value is -4.06. The summed E-state index contributed by atoms with van der Waals surface area (Å²) in [5, 5.41) is 21.5. The second-order valence-electron chi connectivity index (χ2n) is 9.61. The Labute approximate surface area is 211 Å². The summed E-state index contributed by atoms with van der Waals surface area (Å²) in [6, 6.07) is 14.9. The highest BCUT2D eigenvalue weighted by atomic mass is 16.5. The molecule has 1 fully saturated rings. The number of nitrogens with zero attached hydrogens (tertiary/aromatic N) is 1. The monoisotopic (exact) mass is 485 g/mol. The van der Waals surface area contributed by atoms with Crippen molar-refractivity contribution in [2.24, 2.45) is 0 Å². The third-order valence-electron chi connectivity index (χ3n) is 6.73. The highest BCUT2D eigenvalue weighted by molar-refractivity contribution is 6.51. The molecule has 1 amide bonds. The number of ketones is 1. The summed E-state index contributed by atoms with van der Waals surface area (Å²) >= 11 is 0. The summed E-state index contributed by atoms with van der Waals surface area (Å²) in [6.45, 7) is 9.67. The fourth-order valence-electron chi connectivity index (χ4n) is 4.76. The third kappa shape index (κ3) is 4.24. The number of carbonyl (C=O) groups excluding carboxylic acids is 2. The third-order valence-corrected chi connectivity index (χ3v) is 6.73. The van der Waals surface area contributed by atoms with Crippen LogP contribution in [0.4, 0.5) is 5.69 Å². The van der Waals surface area contributed by atoms with E-state index in [-0.39, 0.29) is 23.0 Å². The minimum absolute atomic E-state index is 0.00886. The Morgan fingerprint density at radius 3 is 2.22 bits per heavy atom. The summed E-state index contributed by atoms with van der Waals surface area (Å²) in [5.41, 5.74) is 5.05. The van der Waals surface area contributed by atoms with Crippen LogP contribution in [0.3, 0.4) is 0 Å². The number of carbonyl (C=O) groups is 2. The number of hydrogen-bond acceptors (Lipinski definition) is 5. The molecule has 1 heterocycles. The minimum Gasteiger partial charge on any atom is -0.508 e. The van der Waals surface area contributed by atoms with Gasteiger partial charge in [-0.05, 0) is 84.8 Å². The molecule has 1 atom stereocenters. The molecule has 6 nitrogen and oxygen atoms in total.